The summed E-state index contributed by atoms with van der Waals surface area (Å²) >= 11 is 0. The number of likely N-dealkylation sites (tertiary alicyclic amines) is 1. The Kier molecular flexibility index (Phi) is 4.13. The lowest BCUT2D eigenvalue weighted by Gasteiger charge is -2.44. The number of halogens is 1. The lowest BCUT2D eigenvalue weighted by molar-refractivity contribution is 0.104. The molecule has 0 saturated carbocycles. The molecule has 0 radical (unpaired) electrons. The zero-order valence-electron chi connectivity index (χ0n) is 15.5. The molecule has 3 aromatic rings. The Hall–Kier alpha value is -2.39. The number of hydrogen-bond acceptors (Lipinski definition) is 1. The van der Waals surface area contributed by atoms with Crippen LogP contribution < -0.4 is 0 Å². The molecule has 0 amide bonds. The molecule has 1 atom stereocenters. The fraction of sp³-hybridized carbons (Fsp3) is 0.333. The van der Waals surface area contributed by atoms with Gasteiger partial charge in [0.1, 0.15) is 5.82 Å². The second-order valence-electron chi connectivity index (χ2n) is 7.94. The first-order valence-electron chi connectivity index (χ1n) is 10.0. The van der Waals surface area contributed by atoms with E-state index in [1.807, 2.05) is 6.07 Å². The lowest BCUT2D eigenvalue weighted by Crippen LogP contribution is -2.45. The molecule has 138 valence electrons. The van der Waals surface area contributed by atoms with E-state index in [4.69, 9.17) is 0 Å². The molecule has 1 N–H and O–H groups in total. The topological polar surface area (TPSA) is 19.0 Å². The molecule has 2 aliphatic rings. The molecule has 1 aromatic heterocycles. The van der Waals surface area contributed by atoms with Gasteiger partial charge in [0.2, 0.25) is 0 Å². The average Bonchev–Trinajstić information content (AvgIpc) is 3.38. The van der Waals surface area contributed by atoms with E-state index < -0.39 is 0 Å². The van der Waals surface area contributed by atoms with Crippen molar-refractivity contribution >= 4 is 16.5 Å². The van der Waals surface area contributed by atoms with Gasteiger partial charge in [-0.2, -0.15) is 0 Å². The maximum absolute atomic E-state index is 13.5. The van der Waals surface area contributed by atoms with E-state index in [0.29, 0.717) is 0 Å². The second kappa shape index (κ2) is 6.65. The summed E-state index contributed by atoms with van der Waals surface area (Å²) in [6, 6.07) is 18.1. The fourth-order valence-corrected chi connectivity index (χ4v) is 4.98. The predicted octanol–water partition coefficient (Wildman–Crippen LogP) is 5.87. The van der Waals surface area contributed by atoms with Gasteiger partial charge in [-0.05, 0) is 80.6 Å². The van der Waals surface area contributed by atoms with E-state index in [0.717, 1.165) is 35.9 Å². The summed E-state index contributed by atoms with van der Waals surface area (Å²) in [6.07, 6.45) is 8.23. The molecule has 0 bridgehead atoms. The molecule has 2 aromatic carbocycles. The second-order valence-corrected chi connectivity index (χ2v) is 7.94. The molecule has 2 heterocycles. The minimum absolute atomic E-state index is 0.124. The number of rotatable bonds is 3. The van der Waals surface area contributed by atoms with Crippen molar-refractivity contribution in [3.63, 3.8) is 0 Å². The SMILES string of the molecule is Fc1ccc2[nH]c(C3=CCC(c4ccccc4)(N4CCCC4)CC3)cc2c1. The Bertz CT molecular complexity index is 982. The summed E-state index contributed by atoms with van der Waals surface area (Å²) in [4.78, 5) is 6.19. The molecule has 1 unspecified atom stereocenters. The number of aromatic nitrogens is 1. The molecule has 5 rings (SSSR count). The van der Waals surface area contributed by atoms with Crippen LogP contribution in [0.2, 0.25) is 0 Å². The molecule has 1 saturated heterocycles. The maximum Gasteiger partial charge on any atom is 0.123 e. The number of nitrogens with zero attached hydrogens (tertiary/aromatic N) is 1. The van der Waals surface area contributed by atoms with Gasteiger partial charge in [-0.1, -0.05) is 36.4 Å². The molecule has 1 aliphatic carbocycles. The van der Waals surface area contributed by atoms with Gasteiger partial charge in [-0.15, -0.1) is 0 Å². The molecular weight excluding hydrogens is 335 g/mol. The summed E-state index contributed by atoms with van der Waals surface area (Å²) < 4.78 is 13.5. The van der Waals surface area contributed by atoms with Crippen molar-refractivity contribution in [3.8, 4) is 0 Å². The van der Waals surface area contributed by atoms with Crippen molar-refractivity contribution in [1.82, 2.24) is 9.88 Å². The first kappa shape index (κ1) is 16.8. The molecule has 27 heavy (non-hydrogen) atoms. The summed E-state index contributed by atoms with van der Waals surface area (Å²) in [6.45, 7) is 2.40. The zero-order chi connectivity index (χ0) is 18.3. The number of hydrogen-bond donors (Lipinski definition) is 1. The van der Waals surface area contributed by atoms with Crippen LogP contribution in [0.15, 0.2) is 60.7 Å². The Morgan fingerprint density at radius 3 is 2.52 bits per heavy atom. The Balaban J connectivity index is 1.50. The summed E-state index contributed by atoms with van der Waals surface area (Å²) in [5.41, 5.74) is 5.07. The molecule has 2 nitrogen and oxygen atoms in total. The van der Waals surface area contributed by atoms with Crippen molar-refractivity contribution in [3.05, 3.63) is 77.7 Å². The van der Waals surface area contributed by atoms with E-state index in [1.54, 1.807) is 6.07 Å². The van der Waals surface area contributed by atoms with Gasteiger partial charge in [0, 0.05) is 22.1 Å². The summed E-state index contributed by atoms with van der Waals surface area (Å²) in [7, 11) is 0. The highest BCUT2D eigenvalue weighted by atomic mass is 19.1. The number of allylic oxidation sites excluding steroid dienone is 1. The highest BCUT2D eigenvalue weighted by Gasteiger charge is 2.40. The monoisotopic (exact) mass is 360 g/mol. The quantitative estimate of drug-likeness (QED) is 0.619. The van der Waals surface area contributed by atoms with E-state index in [9.17, 15) is 4.39 Å². The van der Waals surface area contributed by atoms with Gasteiger partial charge in [0.05, 0.1) is 0 Å². The number of H-pyrrole nitrogens is 1. The minimum Gasteiger partial charge on any atom is -0.355 e. The van der Waals surface area contributed by atoms with Gasteiger partial charge in [0.25, 0.3) is 0 Å². The third-order valence-corrected chi connectivity index (χ3v) is 6.45. The Morgan fingerprint density at radius 2 is 1.78 bits per heavy atom. The van der Waals surface area contributed by atoms with Crippen molar-refractivity contribution in [2.24, 2.45) is 0 Å². The van der Waals surface area contributed by atoms with E-state index in [-0.39, 0.29) is 11.4 Å². The van der Waals surface area contributed by atoms with Crippen LogP contribution in [-0.2, 0) is 5.54 Å². The molecule has 1 aliphatic heterocycles. The number of benzene rings is 2. The third kappa shape index (κ3) is 2.90. The predicted molar refractivity (Wildman–Crippen MR) is 109 cm³/mol. The van der Waals surface area contributed by atoms with Crippen LogP contribution in [0.1, 0.15) is 43.4 Å². The lowest BCUT2D eigenvalue weighted by atomic mass is 9.75. The normalized spacial score (nSPS) is 23.7. The maximum atomic E-state index is 13.5. The highest BCUT2D eigenvalue weighted by Crippen LogP contribution is 2.45. The van der Waals surface area contributed by atoms with Crippen molar-refractivity contribution in [1.29, 1.82) is 0 Å². The standard InChI is InChI=1S/C24H25FN2/c25-21-8-9-22-19(16-21)17-23(26-22)18-10-12-24(13-11-18,27-14-4-5-15-27)20-6-2-1-3-7-20/h1-3,6-10,16-17,26H,4-5,11-15H2. The average molecular weight is 360 g/mol. The van der Waals surface area contributed by atoms with Crippen LogP contribution in [0.5, 0.6) is 0 Å². The highest BCUT2D eigenvalue weighted by molar-refractivity contribution is 5.85. The van der Waals surface area contributed by atoms with E-state index >= 15 is 0 Å². The molecule has 1 fully saturated rings. The third-order valence-electron chi connectivity index (χ3n) is 6.45. The fourth-order valence-electron chi connectivity index (χ4n) is 4.98. The number of aromatic amines is 1. The molecule has 0 spiro atoms. The summed E-state index contributed by atoms with van der Waals surface area (Å²) in [5, 5.41) is 0.949. The first-order valence-corrected chi connectivity index (χ1v) is 10.0. The van der Waals surface area contributed by atoms with Crippen molar-refractivity contribution in [2.45, 2.75) is 37.6 Å². The molecule has 3 heteroatoms. The largest absolute Gasteiger partial charge is 0.355 e. The van der Waals surface area contributed by atoms with Crippen LogP contribution in [-0.4, -0.2) is 23.0 Å². The Morgan fingerprint density at radius 1 is 0.963 bits per heavy atom. The van der Waals surface area contributed by atoms with Crippen LogP contribution in [0, 0.1) is 5.82 Å². The van der Waals surface area contributed by atoms with Crippen molar-refractivity contribution < 1.29 is 4.39 Å². The van der Waals surface area contributed by atoms with Crippen LogP contribution in [0.4, 0.5) is 4.39 Å². The van der Waals surface area contributed by atoms with Crippen LogP contribution >= 0.6 is 0 Å². The van der Waals surface area contributed by atoms with Gasteiger partial charge in [-0.3, -0.25) is 4.90 Å². The van der Waals surface area contributed by atoms with Crippen LogP contribution in [0.25, 0.3) is 16.5 Å². The van der Waals surface area contributed by atoms with E-state index in [1.165, 1.54) is 43.1 Å². The smallest absolute Gasteiger partial charge is 0.123 e. The van der Waals surface area contributed by atoms with Gasteiger partial charge in [-0.25, -0.2) is 4.39 Å². The number of fused-ring (bicyclic) bond motifs is 1. The molecular formula is C24H25FN2. The van der Waals surface area contributed by atoms with Gasteiger partial charge in [0.15, 0.2) is 0 Å². The van der Waals surface area contributed by atoms with Gasteiger partial charge >= 0.3 is 0 Å². The van der Waals surface area contributed by atoms with Crippen LogP contribution in [0.3, 0.4) is 0 Å². The Labute approximate surface area is 159 Å². The summed E-state index contributed by atoms with van der Waals surface area (Å²) in [5.74, 6) is -0.178. The van der Waals surface area contributed by atoms with Gasteiger partial charge < -0.3 is 4.98 Å². The first-order chi connectivity index (χ1) is 13.2. The zero-order valence-corrected chi connectivity index (χ0v) is 15.5. The number of nitrogens with one attached hydrogen (secondary N) is 1. The minimum atomic E-state index is -0.178. The van der Waals surface area contributed by atoms with E-state index in [2.05, 4.69) is 52.4 Å². The van der Waals surface area contributed by atoms with Crippen molar-refractivity contribution in [2.75, 3.05) is 13.1 Å².